The van der Waals surface area contributed by atoms with Crippen LogP contribution in [-0.4, -0.2) is 24.3 Å². The Balaban J connectivity index is 1.51. The van der Waals surface area contributed by atoms with E-state index < -0.39 is 0 Å². The minimum absolute atomic E-state index is 0.107. The van der Waals surface area contributed by atoms with E-state index in [0.29, 0.717) is 0 Å². The predicted molar refractivity (Wildman–Crippen MR) is 67.4 cm³/mol. The Labute approximate surface area is 99.8 Å². The zero-order valence-corrected chi connectivity index (χ0v) is 10.5. The van der Waals surface area contributed by atoms with Gasteiger partial charge in [0.1, 0.15) is 0 Å². The Morgan fingerprint density at radius 3 is 2.12 bits per heavy atom. The highest BCUT2D eigenvalue weighted by Crippen LogP contribution is 2.28. The molecule has 1 atom stereocenters. The van der Waals surface area contributed by atoms with Gasteiger partial charge in [0.2, 0.25) is 0 Å². The van der Waals surface area contributed by atoms with Crippen LogP contribution in [0.4, 0.5) is 0 Å². The summed E-state index contributed by atoms with van der Waals surface area (Å²) in [6.07, 6.45) is 12.0. The summed E-state index contributed by atoms with van der Waals surface area (Å²) < 4.78 is 0. The lowest BCUT2D eigenvalue weighted by atomic mass is 10.00. The number of hydrogen-bond donors (Lipinski definition) is 2. The molecule has 0 spiro atoms. The van der Waals surface area contributed by atoms with Gasteiger partial charge in [-0.05, 0) is 37.6 Å². The lowest BCUT2D eigenvalue weighted by molar-refractivity contribution is 0.139. The number of hydrogen-bond acceptors (Lipinski definition) is 2. The second-order valence-electron chi connectivity index (χ2n) is 5.85. The van der Waals surface area contributed by atoms with Gasteiger partial charge in [0.15, 0.2) is 0 Å². The van der Waals surface area contributed by atoms with Gasteiger partial charge in [-0.15, -0.1) is 0 Å². The Kier molecular flexibility index (Phi) is 5.11. The average Bonchev–Trinajstić information content (AvgIpc) is 2.90. The Bertz CT molecular complexity index is 183. The summed E-state index contributed by atoms with van der Waals surface area (Å²) in [5.74, 6) is 1.70. The van der Waals surface area contributed by atoms with E-state index in [9.17, 15) is 5.11 Å². The van der Waals surface area contributed by atoms with Crippen LogP contribution in [0.1, 0.15) is 57.8 Å². The van der Waals surface area contributed by atoms with E-state index in [-0.39, 0.29) is 6.10 Å². The Morgan fingerprint density at radius 2 is 1.50 bits per heavy atom. The molecule has 0 bridgehead atoms. The highest BCUT2D eigenvalue weighted by molar-refractivity contribution is 4.74. The van der Waals surface area contributed by atoms with Gasteiger partial charge < -0.3 is 10.4 Å². The molecule has 2 aliphatic carbocycles. The predicted octanol–water partition coefficient (Wildman–Crippen LogP) is 2.71. The molecule has 0 aliphatic heterocycles. The van der Waals surface area contributed by atoms with Gasteiger partial charge in [0.25, 0.3) is 0 Å². The third-order valence-corrected chi connectivity index (χ3v) is 4.37. The lowest BCUT2D eigenvalue weighted by Crippen LogP contribution is -2.31. The molecule has 0 aromatic heterocycles. The van der Waals surface area contributed by atoms with E-state index in [1.54, 1.807) is 0 Å². The number of nitrogens with one attached hydrogen (secondary N) is 1. The summed E-state index contributed by atoms with van der Waals surface area (Å²) in [6, 6.07) is 0. The third kappa shape index (κ3) is 4.06. The molecule has 0 radical (unpaired) electrons. The van der Waals surface area contributed by atoms with Crippen molar-refractivity contribution in [2.75, 3.05) is 13.1 Å². The van der Waals surface area contributed by atoms with Crippen molar-refractivity contribution in [3.05, 3.63) is 0 Å². The second kappa shape index (κ2) is 6.61. The molecule has 2 N–H and O–H groups in total. The standard InChI is InChI=1S/C14H27NO/c16-14(9-12-5-1-2-6-12)11-15-10-13-7-3-4-8-13/h12-16H,1-11H2. The summed E-state index contributed by atoms with van der Waals surface area (Å²) in [5.41, 5.74) is 0. The highest BCUT2D eigenvalue weighted by Gasteiger charge is 2.19. The third-order valence-electron chi connectivity index (χ3n) is 4.37. The van der Waals surface area contributed by atoms with Crippen LogP contribution in [0.5, 0.6) is 0 Å². The first-order valence-corrected chi connectivity index (χ1v) is 7.23. The van der Waals surface area contributed by atoms with Gasteiger partial charge in [-0.1, -0.05) is 38.5 Å². The summed E-state index contributed by atoms with van der Waals surface area (Å²) in [6.45, 7) is 1.94. The topological polar surface area (TPSA) is 32.3 Å². The van der Waals surface area contributed by atoms with Gasteiger partial charge in [0.05, 0.1) is 6.10 Å². The first-order valence-electron chi connectivity index (χ1n) is 7.23. The molecular formula is C14H27NO. The van der Waals surface area contributed by atoms with Crippen LogP contribution in [0, 0.1) is 11.8 Å². The van der Waals surface area contributed by atoms with E-state index in [1.807, 2.05) is 0 Å². The molecule has 2 nitrogen and oxygen atoms in total. The number of aliphatic hydroxyl groups is 1. The minimum atomic E-state index is -0.107. The average molecular weight is 225 g/mol. The van der Waals surface area contributed by atoms with Crippen LogP contribution >= 0.6 is 0 Å². The monoisotopic (exact) mass is 225 g/mol. The van der Waals surface area contributed by atoms with Gasteiger partial charge >= 0.3 is 0 Å². The van der Waals surface area contributed by atoms with E-state index >= 15 is 0 Å². The van der Waals surface area contributed by atoms with Crippen molar-refractivity contribution in [1.29, 1.82) is 0 Å². The molecule has 16 heavy (non-hydrogen) atoms. The summed E-state index contributed by atoms with van der Waals surface area (Å²) >= 11 is 0. The molecule has 0 aromatic carbocycles. The van der Waals surface area contributed by atoms with Crippen LogP contribution in [0.15, 0.2) is 0 Å². The molecule has 94 valence electrons. The first-order chi connectivity index (χ1) is 7.84. The molecule has 2 aliphatic rings. The van der Waals surface area contributed by atoms with E-state index in [4.69, 9.17) is 0 Å². The molecule has 2 rings (SSSR count). The fourth-order valence-corrected chi connectivity index (χ4v) is 3.38. The molecule has 0 amide bonds. The van der Waals surface area contributed by atoms with Gasteiger partial charge in [-0.3, -0.25) is 0 Å². The maximum atomic E-state index is 9.92. The maximum absolute atomic E-state index is 9.92. The van der Waals surface area contributed by atoms with Gasteiger partial charge in [-0.2, -0.15) is 0 Å². The molecule has 0 saturated heterocycles. The molecular weight excluding hydrogens is 198 g/mol. The SMILES string of the molecule is OC(CNCC1CCCC1)CC1CCCC1. The Morgan fingerprint density at radius 1 is 0.938 bits per heavy atom. The van der Waals surface area contributed by atoms with E-state index in [2.05, 4.69) is 5.32 Å². The second-order valence-corrected chi connectivity index (χ2v) is 5.85. The van der Waals surface area contributed by atoms with Gasteiger partial charge in [-0.25, -0.2) is 0 Å². The highest BCUT2D eigenvalue weighted by atomic mass is 16.3. The van der Waals surface area contributed by atoms with Crippen molar-refractivity contribution in [2.45, 2.75) is 63.9 Å². The van der Waals surface area contributed by atoms with Crippen LogP contribution < -0.4 is 5.32 Å². The summed E-state index contributed by atoms with van der Waals surface area (Å²) in [7, 11) is 0. The quantitative estimate of drug-likeness (QED) is 0.728. The molecule has 1 unspecified atom stereocenters. The normalized spacial score (nSPS) is 25.3. The van der Waals surface area contributed by atoms with Crippen LogP contribution in [-0.2, 0) is 0 Å². The van der Waals surface area contributed by atoms with Crippen molar-refractivity contribution in [3.63, 3.8) is 0 Å². The largest absolute Gasteiger partial charge is 0.392 e. The lowest BCUT2D eigenvalue weighted by Gasteiger charge is -2.17. The van der Waals surface area contributed by atoms with E-state index in [0.717, 1.165) is 31.3 Å². The molecule has 2 heteroatoms. The molecule has 0 heterocycles. The van der Waals surface area contributed by atoms with Crippen molar-refractivity contribution in [2.24, 2.45) is 11.8 Å². The zero-order chi connectivity index (χ0) is 11.2. The Hall–Kier alpha value is -0.0800. The fourth-order valence-electron chi connectivity index (χ4n) is 3.38. The minimum Gasteiger partial charge on any atom is -0.392 e. The summed E-state index contributed by atoms with van der Waals surface area (Å²) in [5, 5.41) is 13.4. The first kappa shape index (κ1) is 12.4. The van der Waals surface area contributed by atoms with Crippen LogP contribution in [0.3, 0.4) is 0 Å². The smallest absolute Gasteiger partial charge is 0.0667 e. The molecule has 2 fully saturated rings. The van der Waals surface area contributed by atoms with Gasteiger partial charge in [0, 0.05) is 6.54 Å². The fraction of sp³-hybridized carbons (Fsp3) is 1.00. The van der Waals surface area contributed by atoms with Crippen molar-refractivity contribution in [3.8, 4) is 0 Å². The molecule has 0 aromatic rings. The number of rotatable bonds is 6. The summed E-state index contributed by atoms with van der Waals surface area (Å²) in [4.78, 5) is 0. The van der Waals surface area contributed by atoms with E-state index in [1.165, 1.54) is 51.4 Å². The van der Waals surface area contributed by atoms with Crippen LogP contribution in [0.2, 0.25) is 0 Å². The van der Waals surface area contributed by atoms with Crippen LogP contribution in [0.25, 0.3) is 0 Å². The maximum Gasteiger partial charge on any atom is 0.0667 e. The van der Waals surface area contributed by atoms with Crippen molar-refractivity contribution >= 4 is 0 Å². The number of aliphatic hydroxyl groups excluding tert-OH is 1. The van der Waals surface area contributed by atoms with Crippen molar-refractivity contribution in [1.82, 2.24) is 5.32 Å². The zero-order valence-electron chi connectivity index (χ0n) is 10.5. The van der Waals surface area contributed by atoms with Crippen molar-refractivity contribution < 1.29 is 5.11 Å². The molecule has 2 saturated carbocycles.